The van der Waals surface area contributed by atoms with Crippen LogP contribution in [0.15, 0.2) is 54.6 Å². The molecular formula is C20H22FNO3. The highest BCUT2D eigenvalue weighted by Gasteiger charge is 2.31. The van der Waals surface area contributed by atoms with Gasteiger partial charge in [-0.25, -0.2) is 9.18 Å². The van der Waals surface area contributed by atoms with Gasteiger partial charge in [0.05, 0.1) is 6.10 Å². The molecule has 0 saturated carbocycles. The molecule has 1 atom stereocenters. The number of aliphatic hydroxyl groups is 1. The largest absolute Gasteiger partial charge is 0.459 e. The van der Waals surface area contributed by atoms with Crippen molar-refractivity contribution in [3.63, 3.8) is 0 Å². The van der Waals surface area contributed by atoms with Gasteiger partial charge in [-0.05, 0) is 36.1 Å². The molecule has 0 aromatic heterocycles. The predicted octanol–water partition coefficient (Wildman–Crippen LogP) is 3.07. The fraction of sp³-hybridized carbons (Fsp3) is 0.350. The average molecular weight is 343 g/mol. The number of carbonyl (C=O) groups is 1. The Bertz CT molecular complexity index is 682. The second-order valence-electron chi connectivity index (χ2n) is 6.31. The first kappa shape index (κ1) is 17.6. The van der Waals surface area contributed by atoms with E-state index in [-0.39, 0.29) is 24.5 Å². The van der Waals surface area contributed by atoms with Gasteiger partial charge in [-0.2, -0.15) is 0 Å². The fourth-order valence-electron chi connectivity index (χ4n) is 3.09. The molecule has 0 aliphatic carbocycles. The molecule has 1 fully saturated rings. The van der Waals surface area contributed by atoms with Crippen LogP contribution < -0.4 is 0 Å². The van der Waals surface area contributed by atoms with Crippen molar-refractivity contribution in [2.75, 3.05) is 13.1 Å². The van der Waals surface area contributed by atoms with Gasteiger partial charge in [-0.3, -0.25) is 4.90 Å². The molecule has 1 saturated heterocycles. The van der Waals surface area contributed by atoms with Gasteiger partial charge in [0.25, 0.3) is 0 Å². The number of carbonyl (C=O) groups excluding carboxylic acids is 1. The maximum Gasteiger partial charge on any atom is 0.328 e. The number of aliphatic hydroxyl groups excluding tert-OH is 1. The molecule has 0 bridgehead atoms. The monoisotopic (exact) mass is 343 g/mol. The minimum absolute atomic E-state index is 0.110. The van der Waals surface area contributed by atoms with Gasteiger partial charge in [0.2, 0.25) is 0 Å². The molecule has 25 heavy (non-hydrogen) atoms. The molecule has 132 valence electrons. The number of benzene rings is 2. The smallest absolute Gasteiger partial charge is 0.328 e. The van der Waals surface area contributed by atoms with Crippen LogP contribution in [-0.4, -0.2) is 35.2 Å². The van der Waals surface area contributed by atoms with E-state index < -0.39 is 6.04 Å². The van der Waals surface area contributed by atoms with E-state index in [0.717, 1.165) is 11.1 Å². The summed E-state index contributed by atoms with van der Waals surface area (Å²) in [5.74, 6) is -0.643. The first-order chi connectivity index (χ1) is 12.1. The van der Waals surface area contributed by atoms with Crippen molar-refractivity contribution in [3.05, 3.63) is 71.5 Å². The van der Waals surface area contributed by atoms with Gasteiger partial charge < -0.3 is 9.84 Å². The Kier molecular flexibility index (Phi) is 5.79. The molecule has 0 spiro atoms. The Morgan fingerprint density at radius 3 is 2.40 bits per heavy atom. The Hall–Kier alpha value is -2.24. The number of likely N-dealkylation sites (tertiary alicyclic amines) is 1. The van der Waals surface area contributed by atoms with Crippen LogP contribution in [0.1, 0.15) is 30.0 Å². The summed E-state index contributed by atoms with van der Waals surface area (Å²) in [6, 6.07) is 15.0. The standard InChI is InChI=1S/C20H22FNO3/c21-17-8-6-15(7-9-17)14-25-20(24)19(16-4-2-1-3-5-16)22-12-10-18(23)11-13-22/h1-9,18-19,23H,10-14H2/t19-/m0/s1. The van der Waals surface area contributed by atoms with Gasteiger partial charge in [0.15, 0.2) is 0 Å². The normalized spacial score (nSPS) is 17.2. The van der Waals surface area contributed by atoms with Crippen molar-refractivity contribution in [2.24, 2.45) is 0 Å². The van der Waals surface area contributed by atoms with Crippen LogP contribution >= 0.6 is 0 Å². The van der Waals surface area contributed by atoms with E-state index in [1.54, 1.807) is 12.1 Å². The minimum Gasteiger partial charge on any atom is -0.459 e. The van der Waals surface area contributed by atoms with E-state index in [1.807, 2.05) is 30.3 Å². The highest BCUT2D eigenvalue weighted by atomic mass is 19.1. The van der Waals surface area contributed by atoms with Crippen LogP contribution in [0.2, 0.25) is 0 Å². The molecule has 0 unspecified atom stereocenters. The average Bonchev–Trinajstić information content (AvgIpc) is 2.64. The minimum atomic E-state index is -0.492. The molecule has 0 amide bonds. The zero-order valence-electron chi connectivity index (χ0n) is 14.0. The van der Waals surface area contributed by atoms with Crippen molar-refractivity contribution in [3.8, 4) is 0 Å². The third-order valence-electron chi connectivity index (χ3n) is 4.50. The zero-order chi connectivity index (χ0) is 17.6. The van der Waals surface area contributed by atoms with Crippen molar-refractivity contribution in [2.45, 2.75) is 31.6 Å². The summed E-state index contributed by atoms with van der Waals surface area (Å²) in [6.07, 6.45) is 0.992. The van der Waals surface area contributed by atoms with E-state index >= 15 is 0 Å². The lowest BCUT2D eigenvalue weighted by atomic mass is 10.0. The van der Waals surface area contributed by atoms with E-state index in [2.05, 4.69) is 4.90 Å². The summed E-state index contributed by atoms with van der Waals surface area (Å²) in [7, 11) is 0. The summed E-state index contributed by atoms with van der Waals surface area (Å²) < 4.78 is 18.5. The summed E-state index contributed by atoms with van der Waals surface area (Å²) in [5, 5.41) is 9.72. The van der Waals surface area contributed by atoms with Crippen molar-refractivity contribution in [1.82, 2.24) is 4.90 Å². The first-order valence-electron chi connectivity index (χ1n) is 8.51. The number of esters is 1. The zero-order valence-corrected chi connectivity index (χ0v) is 14.0. The molecule has 5 heteroatoms. The van der Waals surface area contributed by atoms with E-state index in [9.17, 15) is 14.3 Å². The molecule has 4 nitrogen and oxygen atoms in total. The SMILES string of the molecule is O=C(OCc1ccc(F)cc1)[C@H](c1ccccc1)N1CCC(O)CC1. The number of nitrogens with zero attached hydrogens (tertiary/aromatic N) is 1. The van der Waals surface area contributed by atoms with E-state index in [1.165, 1.54) is 12.1 Å². The highest BCUT2D eigenvalue weighted by Crippen LogP contribution is 2.26. The summed E-state index contributed by atoms with van der Waals surface area (Å²) >= 11 is 0. The molecule has 1 heterocycles. The summed E-state index contributed by atoms with van der Waals surface area (Å²) in [5.41, 5.74) is 1.62. The highest BCUT2D eigenvalue weighted by molar-refractivity contribution is 5.77. The van der Waals surface area contributed by atoms with Crippen molar-refractivity contribution < 1.29 is 19.0 Å². The molecule has 1 N–H and O–H groups in total. The molecule has 1 aliphatic heterocycles. The van der Waals surface area contributed by atoms with Crippen molar-refractivity contribution >= 4 is 5.97 Å². The molecule has 3 rings (SSSR count). The van der Waals surface area contributed by atoms with Crippen molar-refractivity contribution in [1.29, 1.82) is 0 Å². The third-order valence-corrected chi connectivity index (χ3v) is 4.50. The van der Waals surface area contributed by atoms with Gasteiger partial charge in [-0.1, -0.05) is 42.5 Å². The maximum atomic E-state index is 13.0. The van der Waals surface area contributed by atoms with Crippen LogP contribution in [0.3, 0.4) is 0 Å². The number of piperidine rings is 1. The molecule has 0 radical (unpaired) electrons. The maximum absolute atomic E-state index is 13.0. The number of rotatable bonds is 5. The van der Waals surface area contributed by atoms with E-state index in [4.69, 9.17) is 4.74 Å². The van der Waals surface area contributed by atoms with Crippen LogP contribution in [0.4, 0.5) is 4.39 Å². The Morgan fingerprint density at radius 2 is 1.76 bits per heavy atom. The lowest BCUT2D eigenvalue weighted by molar-refractivity contribution is -0.152. The molecule has 1 aliphatic rings. The predicted molar refractivity (Wildman–Crippen MR) is 92.2 cm³/mol. The van der Waals surface area contributed by atoms with E-state index in [0.29, 0.717) is 25.9 Å². The molecule has 2 aromatic carbocycles. The quantitative estimate of drug-likeness (QED) is 0.848. The van der Waals surface area contributed by atoms with Gasteiger partial charge in [0.1, 0.15) is 18.5 Å². The van der Waals surface area contributed by atoms with Crippen LogP contribution in [0.5, 0.6) is 0 Å². The van der Waals surface area contributed by atoms with Gasteiger partial charge >= 0.3 is 5.97 Å². The van der Waals surface area contributed by atoms with Crippen LogP contribution in [0, 0.1) is 5.82 Å². The van der Waals surface area contributed by atoms with Gasteiger partial charge in [-0.15, -0.1) is 0 Å². The summed E-state index contributed by atoms with van der Waals surface area (Å²) in [6.45, 7) is 1.40. The second kappa shape index (κ2) is 8.23. The van der Waals surface area contributed by atoms with Crippen LogP contribution in [0.25, 0.3) is 0 Å². The Balaban J connectivity index is 1.71. The Morgan fingerprint density at radius 1 is 1.12 bits per heavy atom. The number of hydrogen-bond acceptors (Lipinski definition) is 4. The number of ether oxygens (including phenoxy) is 1. The Labute approximate surface area is 146 Å². The first-order valence-corrected chi connectivity index (χ1v) is 8.51. The fourth-order valence-corrected chi connectivity index (χ4v) is 3.09. The molecular weight excluding hydrogens is 321 g/mol. The lowest BCUT2D eigenvalue weighted by Gasteiger charge is -2.35. The third kappa shape index (κ3) is 4.65. The topological polar surface area (TPSA) is 49.8 Å². The van der Waals surface area contributed by atoms with Gasteiger partial charge in [0, 0.05) is 13.1 Å². The molecule has 2 aromatic rings. The number of hydrogen-bond donors (Lipinski definition) is 1. The second-order valence-corrected chi connectivity index (χ2v) is 6.31. The lowest BCUT2D eigenvalue weighted by Crippen LogP contribution is -2.42. The number of halogens is 1. The van der Waals surface area contributed by atoms with Crippen LogP contribution in [-0.2, 0) is 16.1 Å². The summed E-state index contributed by atoms with van der Waals surface area (Å²) in [4.78, 5) is 14.8.